The zero-order valence-electron chi connectivity index (χ0n) is 10.6. The second kappa shape index (κ2) is 6.24. The van der Waals surface area contributed by atoms with Gasteiger partial charge in [0, 0.05) is 18.0 Å². The highest BCUT2D eigenvalue weighted by molar-refractivity contribution is 6.17. The molecule has 0 saturated heterocycles. The number of rotatable bonds is 5. The van der Waals surface area contributed by atoms with E-state index < -0.39 is 0 Å². The van der Waals surface area contributed by atoms with E-state index >= 15 is 0 Å². The number of halogens is 1. The Labute approximate surface area is 116 Å². The normalized spacial score (nSPS) is 10.1. The van der Waals surface area contributed by atoms with E-state index in [1.165, 1.54) is 0 Å². The van der Waals surface area contributed by atoms with Gasteiger partial charge >= 0.3 is 6.01 Å². The van der Waals surface area contributed by atoms with Crippen molar-refractivity contribution < 1.29 is 14.2 Å². The Morgan fingerprint density at radius 3 is 2.11 bits per heavy atom. The molecule has 6 heteroatoms. The molecule has 0 saturated carbocycles. The Bertz CT molecular complexity index is 524. The molecule has 100 valence electrons. The Morgan fingerprint density at radius 1 is 1.05 bits per heavy atom. The summed E-state index contributed by atoms with van der Waals surface area (Å²) in [4.78, 5) is 8.13. The maximum Gasteiger partial charge on any atom is 0.322 e. The summed E-state index contributed by atoms with van der Waals surface area (Å²) in [5, 5.41) is 0. The molecule has 1 heterocycles. The maximum atomic E-state index is 5.67. The standard InChI is InChI=1S/C13H13ClN2O3/c1-17-10-4-3-5-11(18-2)12(10)19-13-15-7-9(6-14)8-16-13/h3-5,7-8H,6H2,1-2H3. The Kier molecular flexibility index (Phi) is 4.41. The van der Waals surface area contributed by atoms with Gasteiger partial charge in [0.15, 0.2) is 11.5 Å². The molecular formula is C13H13ClN2O3. The molecule has 0 unspecified atom stereocenters. The van der Waals surface area contributed by atoms with Crippen molar-refractivity contribution in [3.63, 3.8) is 0 Å². The van der Waals surface area contributed by atoms with Gasteiger partial charge in [-0.2, -0.15) is 0 Å². The van der Waals surface area contributed by atoms with Gasteiger partial charge in [0.1, 0.15) is 0 Å². The molecule has 0 radical (unpaired) electrons. The van der Waals surface area contributed by atoms with Gasteiger partial charge in [0.2, 0.25) is 5.75 Å². The first-order valence-electron chi connectivity index (χ1n) is 5.54. The second-order valence-electron chi connectivity index (χ2n) is 3.60. The van der Waals surface area contributed by atoms with E-state index in [1.807, 2.05) is 6.07 Å². The lowest BCUT2D eigenvalue weighted by Crippen LogP contribution is -1.97. The molecule has 0 amide bonds. The predicted octanol–water partition coefficient (Wildman–Crippen LogP) is 3.02. The molecule has 5 nitrogen and oxygen atoms in total. The molecular weight excluding hydrogens is 268 g/mol. The molecule has 1 aromatic carbocycles. The minimum Gasteiger partial charge on any atom is -0.493 e. The fourth-order valence-corrected chi connectivity index (χ4v) is 1.61. The first kappa shape index (κ1) is 13.4. The van der Waals surface area contributed by atoms with E-state index in [0.717, 1.165) is 5.56 Å². The second-order valence-corrected chi connectivity index (χ2v) is 3.87. The van der Waals surface area contributed by atoms with Crippen LogP contribution in [0.2, 0.25) is 0 Å². The van der Waals surface area contributed by atoms with Gasteiger partial charge in [0.05, 0.1) is 20.1 Å². The SMILES string of the molecule is COc1cccc(OC)c1Oc1ncc(CCl)cn1. The Morgan fingerprint density at radius 2 is 1.63 bits per heavy atom. The van der Waals surface area contributed by atoms with Gasteiger partial charge in [-0.15, -0.1) is 11.6 Å². The summed E-state index contributed by atoms with van der Waals surface area (Å²) in [6.07, 6.45) is 3.22. The van der Waals surface area contributed by atoms with Crippen LogP contribution in [0.25, 0.3) is 0 Å². The van der Waals surface area contributed by atoms with Crippen molar-refractivity contribution in [2.24, 2.45) is 0 Å². The molecule has 19 heavy (non-hydrogen) atoms. The Hall–Kier alpha value is -2.01. The van der Waals surface area contributed by atoms with E-state index in [2.05, 4.69) is 9.97 Å². The molecule has 0 aliphatic rings. The van der Waals surface area contributed by atoms with Gasteiger partial charge in [-0.3, -0.25) is 0 Å². The smallest absolute Gasteiger partial charge is 0.322 e. The molecule has 0 aliphatic carbocycles. The average Bonchev–Trinajstić information content (AvgIpc) is 2.48. The van der Waals surface area contributed by atoms with E-state index in [1.54, 1.807) is 38.7 Å². The maximum absolute atomic E-state index is 5.67. The van der Waals surface area contributed by atoms with Crippen LogP contribution in [-0.2, 0) is 5.88 Å². The minimum absolute atomic E-state index is 0.205. The van der Waals surface area contributed by atoms with Crippen LogP contribution in [0, 0.1) is 0 Å². The summed E-state index contributed by atoms with van der Waals surface area (Å²) in [5.41, 5.74) is 0.820. The number of ether oxygens (including phenoxy) is 3. The quantitative estimate of drug-likeness (QED) is 0.788. The molecule has 1 aromatic heterocycles. The van der Waals surface area contributed by atoms with Crippen LogP contribution in [0.5, 0.6) is 23.3 Å². The van der Waals surface area contributed by atoms with Crippen LogP contribution in [0.4, 0.5) is 0 Å². The molecule has 2 rings (SSSR count). The number of hydrogen-bond acceptors (Lipinski definition) is 5. The fourth-order valence-electron chi connectivity index (χ4n) is 1.47. The predicted molar refractivity (Wildman–Crippen MR) is 71.2 cm³/mol. The molecule has 0 fully saturated rings. The summed E-state index contributed by atoms with van der Waals surface area (Å²) in [6.45, 7) is 0. The number of hydrogen-bond donors (Lipinski definition) is 0. The first-order valence-corrected chi connectivity index (χ1v) is 6.07. The van der Waals surface area contributed by atoms with Crippen LogP contribution in [0.1, 0.15) is 5.56 Å². The van der Waals surface area contributed by atoms with Gasteiger partial charge in [0.25, 0.3) is 0 Å². The van der Waals surface area contributed by atoms with Crippen LogP contribution < -0.4 is 14.2 Å². The van der Waals surface area contributed by atoms with Gasteiger partial charge < -0.3 is 14.2 Å². The molecule has 0 spiro atoms. The zero-order chi connectivity index (χ0) is 13.7. The largest absolute Gasteiger partial charge is 0.493 e. The molecule has 0 bridgehead atoms. The topological polar surface area (TPSA) is 53.5 Å². The highest BCUT2D eigenvalue weighted by Crippen LogP contribution is 2.38. The van der Waals surface area contributed by atoms with Crippen LogP contribution in [-0.4, -0.2) is 24.2 Å². The number of methoxy groups -OCH3 is 2. The highest BCUT2D eigenvalue weighted by Gasteiger charge is 2.13. The first-order chi connectivity index (χ1) is 9.28. The van der Waals surface area contributed by atoms with E-state index in [4.69, 9.17) is 25.8 Å². The van der Waals surface area contributed by atoms with Crippen molar-refractivity contribution in [2.45, 2.75) is 5.88 Å². The van der Waals surface area contributed by atoms with Crippen molar-refractivity contribution >= 4 is 11.6 Å². The molecule has 0 N–H and O–H groups in total. The third kappa shape index (κ3) is 3.06. The minimum atomic E-state index is 0.205. The highest BCUT2D eigenvalue weighted by atomic mass is 35.5. The van der Waals surface area contributed by atoms with Gasteiger partial charge in [-0.05, 0) is 12.1 Å². The van der Waals surface area contributed by atoms with Gasteiger partial charge in [-0.25, -0.2) is 9.97 Å². The molecule has 0 atom stereocenters. The van der Waals surface area contributed by atoms with Crippen molar-refractivity contribution in [3.8, 4) is 23.3 Å². The summed E-state index contributed by atoms with van der Waals surface area (Å²) < 4.78 is 16.1. The Balaban J connectivity index is 2.30. The number of nitrogens with zero attached hydrogens (tertiary/aromatic N) is 2. The third-order valence-corrected chi connectivity index (χ3v) is 2.72. The van der Waals surface area contributed by atoms with Gasteiger partial charge in [-0.1, -0.05) is 6.07 Å². The van der Waals surface area contributed by atoms with E-state index in [9.17, 15) is 0 Å². The summed E-state index contributed by atoms with van der Waals surface area (Å²) in [6, 6.07) is 5.55. The number of para-hydroxylation sites is 1. The molecule has 0 aliphatic heterocycles. The summed E-state index contributed by atoms with van der Waals surface area (Å²) in [7, 11) is 3.11. The average molecular weight is 281 g/mol. The number of benzene rings is 1. The van der Waals surface area contributed by atoms with Crippen molar-refractivity contribution in [3.05, 3.63) is 36.2 Å². The van der Waals surface area contributed by atoms with E-state index in [-0.39, 0.29) is 6.01 Å². The number of alkyl halides is 1. The van der Waals surface area contributed by atoms with Crippen LogP contribution in [0.3, 0.4) is 0 Å². The van der Waals surface area contributed by atoms with Crippen molar-refractivity contribution in [2.75, 3.05) is 14.2 Å². The fraction of sp³-hybridized carbons (Fsp3) is 0.231. The summed E-state index contributed by atoms with van der Waals surface area (Å²) >= 11 is 5.67. The van der Waals surface area contributed by atoms with Crippen LogP contribution in [0.15, 0.2) is 30.6 Å². The van der Waals surface area contributed by atoms with Crippen molar-refractivity contribution in [1.29, 1.82) is 0 Å². The van der Waals surface area contributed by atoms with E-state index in [0.29, 0.717) is 23.1 Å². The third-order valence-electron chi connectivity index (χ3n) is 2.41. The van der Waals surface area contributed by atoms with Crippen LogP contribution >= 0.6 is 11.6 Å². The van der Waals surface area contributed by atoms with Crippen molar-refractivity contribution in [1.82, 2.24) is 9.97 Å². The number of aromatic nitrogens is 2. The monoisotopic (exact) mass is 280 g/mol. The molecule has 2 aromatic rings. The zero-order valence-corrected chi connectivity index (χ0v) is 11.3. The lowest BCUT2D eigenvalue weighted by Gasteiger charge is -2.12. The lowest BCUT2D eigenvalue weighted by atomic mass is 10.3. The lowest BCUT2D eigenvalue weighted by molar-refractivity contribution is 0.336. The summed E-state index contributed by atoms with van der Waals surface area (Å²) in [5.74, 6) is 1.89.